The van der Waals surface area contributed by atoms with Gasteiger partial charge in [0.1, 0.15) is 5.75 Å². The zero-order valence-corrected chi connectivity index (χ0v) is 12.8. The Hall–Kier alpha value is -2.17. The summed E-state index contributed by atoms with van der Waals surface area (Å²) >= 11 is 0. The van der Waals surface area contributed by atoms with Crippen LogP contribution in [-0.2, 0) is 9.53 Å². The number of ketones is 1. The van der Waals surface area contributed by atoms with Crippen LogP contribution in [0.4, 0.5) is 0 Å². The van der Waals surface area contributed by atoms with Crippen molar-refractivity contribution in [3.8, 4) is 17.2 Å². The molecule has 1 aromatic rings. The van der Waals surface area contributed by atoms with Gasteiger partial charge in [-0.2, -0.15) is 0 Å². The van der Waals surface area contributed by atoms with Crippen molar-refractivity contribution >= 4 is 5.78 Å². The zero-order chi connectivity index (χ0) is 15.4. The van der Waals surface area contributed by atoms with Gasteiger partial charge in [0.15, 0.2) is 17.3 Å². The molecule has 1 aliphatic rings. The second-order valence-electron chi connectivity index (χ2n) is 4.84. The van der Waals surface area contributed by atoms with Crippen molar-refractivity contribution in [1.82, 2.24) is 0 Å². The largest absolute Gasteiger partial charge is 0.501 e. The summed E-state index contributed by atoms with van der Waals surface area (Å²) in [5.74, 6) is 2.65. The summed E-state index contributed by atoms with van der Waals surface area (Å²) in [5.41, 5.74) is 0.922. The van der Waals surface area contributed by atoms with Crippen molar-refractivity contribution in [1.29, 1.82) is 0 Å². The van der Waals surface area contributed by atoms with Gasteiger partial charge < -0.3 is 18.9 Å². The summed E-state index contributed by atoms with van der Waals surface area (Å²) in [6.07, 6.45) is 2.65. The Balaban J connectivity index is 2.43. The molecule has 0 aliphatic heterocycles. The van der Waals surface area contributed by atoms with Gasteiger partial charge >= 0.3 is 0 Å². The molecular weight excluding hydrogens is 272 g/mol. The quantitative estimate of drug-likeness (QED) is 0.835. The van der Waals surface area contributed by atoms with Gasteiger partial charge in [0.2, 0.25) is 0 Å². The lowest BCUT2D eigenvalue weighted by molar-refractivity contribution is -0.115. The van der Waals surface area contributed by atoms with Crippen LogP contribution in [0.2, 0.25) is 0 Å². The van der Waals surface area contributed by atoms with Crippen molar-refractivity contribution in [2.75, 3.05) is 28.4 Å². The molecule has 114 valence electrons. The summed E-state index contributed by atoms with van der Waals surface area (Å²) in [6.45, 7) is 0. The Morgan fingerprint density at radius 3 is 2.05 bits per heavy atom. The minimum absolute atomic E-state index is 0.00667. The van der Waals surface area contributed by atoms with Crippen molar-refractivity contribution in [3.05, 3.63) is 29.5 Å². The van der Waals surface area contributed by atoms with E-state index in [4.69, 9.17) is 18.9 Å². The maximum atomic E-state index is 11.8. The smallest absolute Gasteiger partial charge is 0.164 e. The minimum atomic E-state index is 0.00667. The van der Waals surface area contributed by atoms with E-state index in [1.54, 1.807) is 40.6 Å². The molecule has 2 rings (SSSR count). The van der Waals surface area contributed by atoms with E-state index in [1.807, 2.05) is 6.07 Å². The first-order valence-corrected chi connectivity index (χ1v) is 6.70. The van der Waals surface area contributed by atoms with Gasteiger partial charge in [-0.05, 0) is 6.07 Å². The molecule has 0 saturated heterocycles. The van der Waals surface area contributed by atoms with E-state index in [1.165, 1.54) is 0 Å². The van der Waals surface area contributed by atoms with Crippen LogP contribution in [-0.4, -0.2) is 34.2 Å². The van der Waals surface area contributed by atoms with E-state index >= 15 is 0 Å². The molecule has 0 radical (unpaired) electrons. The summed E-state index contributed by atoms with van der Waals surface area (Å²) in [6, 6.07) is 3.65. The monoisotopic (exact) mass is 292 g/mol. The standard InChI is InChI=1S/C16H20O5/c1-18-12-6-10(5-11(17)7-12)13-8-15(20-3)16(21-4)9-14(13)19-2/h7-10H,5-6H2,1-4H3. The fourth-order valence-corrected chi connectivity index (χ4v) is 2.59. The number of hydrogen-bond donors (Lipinski definition) is 0. The third-order valence-electron chi connectivity index (χ3n) is 3.66. The lowest BCUT2D eigenvalue weighted by atomic mass is 9.85. The van der Waals surface area contributed by atoms with Crippen LogP contribution in [0.3, 0.4) is 0 Å². The number of rotatable bonds is 5. The Morgan fingerprint density at radius 2 is 1.48 bits per heavy atom. The molecule has 5 heteroatoms. The third kappa shape index (κ3) is 3.12. The Labute approximate surface area is 124 Å². The van der Waals surface area contributed by atoms with Gasteiger partial charge in [-0.15, -0.1) is 0 Å². The molecule has 1 atom stereocenters. The highest BCUT2D eigenvalue weighted by atomic mass is 16.5. The molecule has 21 heavy (non-hydrogen) atoms. The number of methoxy groups -OCH3 is 4. The molecular formula is C16H20O5. The van der Waals surface area contributed by atoms with Crippen molar-refractivity contribution in [2.45, 2.75) is 18.8 Å². The number of allylic oxidation sites excluding steroid dienone is 2. The van der Waals surface area contributed by atoms with E-state index < -0.39 is 0 Å². The Kier molecular flexibility index (Phi) is 4.73. The van der Waals surface area contributed by atoms with Crippen LogP contribution in [0.1, 0.15) is 24.3 Å². The number of carbonyl (C=O) groups excluding carboxylic acids is 1. The van der Waals surface area contributed by atoms with Crippen molar-refractivity contribution in [2.24, 2.45) is 0 Å². The number of carbonyl (C=O) groups is 1. The summed E-state index contributed by atoms with van der Waals surface area (Å²) < 4.78 is 21.3. The SMILES string of the molecule is COC1=CC(=O)CC(c2cc(OC)c(OC)cc2OC)C1. The van der Waals surface area contributed by atoms with Crippen LogP contribution in [0.25, 0.3) is 0 Å². The number of hydrogen-bond acceptors (Lipinski definition) is 5. The fraction of sp³-hybridized carbons (Fsp3) is 0.438. The average molecular weight is 292 g/mol. The van der Waals surface area contributed by atoms with Gasteiger partial charge in [-0.1, -0.05) is 0 Å². The van der Waals surface area contributed by atoms with Crippen LogP contribution in [0, 0.1) is 0 Å². The van der Waals surface area contributed by atoms with E-state index in [0.29, 0.717) is 35.8 Å². The molecule has 0 fully saturated rings. The van der Waals surface area contributed by atoms with Gasteiger partial charge in [0.05, 0.1) is 34.2 Å². The molecule has 0 spiro atoms. The molecule has 1 aromatic carbocycles. The van der Waals surface area contributed by atoms with Gasteiger partial charge in [0, 0.05) is 36.5 Å². The fourth-order valence-electron chi connectivity index (χ4n) is 2.59. The first kappa shape index (κ1) is 15.2. The molecule has 0 N–H and O–H groups in total. The number of benzene rings is 1. The molecule has 0 aromatic heterocycles. The summed E-state index contributed by atoms with van der Waals surface area (Å²) in [4.78, 5) is 11.8. The van der Waals surface area contributed by atoms with Crippen LogP contribution >= 0.6 is 0 Å². The van der Waals surface area contributed by atoms with E-state index in [9.17, 15) is 4.79 Å². The minimum Gasteiger partial charge on any atom is -0.501 e. The molecule has 0 saturated carbocycles. The average Bonchev–Trinajstić information content (AvgIpc) is 2.52. The molecule has 0 amide bonds. The van der Waals surface area contributed by atoms with Gasteiger partial charge in [-0.25, -0.2) is 0 Å². The van der Waals surface area contributed by atoms with E-state index in [0.717, 1.165) is 5.56 Å². The Bertz CT molecular complexity index is 562. The highest BCUT2D eigenvalue weighted by Crippen LogP contribution is 2.42. The highest BCUT2D eigenvalue weighted by molar-refractivity contribution is 5.91. The van der Waals surface area contributed by atoms with Crippen LogP contribution in [0.15, 0.2) is 24.0 Å². The second-order valence-corrected chi connectivity index (χ2v) is 4.84. The third-order valence-corrected chi connectivity index (χ3v) is 3.66. The van der Waals surface area contributed by atoms with Crippen molar-refractivity contribution in [3.63, 3.8) is 0 Å². The summed E-state index contributed by atoms with van der Waals surface area (Å²) in [7, 11) is 6.34. The lowest BCUT2D eigenvalue weighted by Gasteiger charge is -2.24. The normalized spacial score (nSPS) is 18.0. The first-order valence-electron chi connectivity index (χ1n) is 6.70. The maximum Gasteiger partial charge on any atom is 0.164 e. The predicted molar refractivity (Wildman–Crippen MR) is 78.2 cm³/mol. The molecule has 0 heterocycles. The van der Waals surface area contributed by atoms with Gasteiger partial charge in [0.25, 0.3) is 0 Å². The van der Waals surface area contributed by atoms with Crippen molar-refractivity contribution < 1.29 is 23.7 Å². The molecule has 5 nitrogen and oxygen atoms in total. The zero-order valence-electron chi connectivity index (χ0n) is 12.8. The number of ether oxygens (including phenoxy) is 4. The summed E-state index contributed by atoms with van der Waals surface area (Å²) in [5, 5.41) is 0. The molecule has 1 unspecified atom stereocenters. The highest BCUT2D eigenvalue weighted by Gasteiger charge is 2.26. The van der Waals surface area contributed by atoms with Crippen LogP contribution < -0.4 is 14.2 Å². The van der Waals surface area contributed by atoms with Crippen LogP contribution in [0.5, 0.6) is 17.2 Å². The molecule has 0 bridgehead atoms. The first-order chi connectivity index (χ1) is 10.1. The lowest BCUT2D eigenvalue weighted by Crippen LogP contribution is -2.14. The van der Waals surface area contributed by atoms with Gasteiger partial charge in [-0.3, -0.25) is 4.79 Å². The maximum absolute atomic E-state index is 11.8. The molecule has 1 aliphatic carbocycles. The second kappa shape index (κ2) is 6.52. The predicted octanol–water partition coefficient (Wildman–Crippen LogP) is 2.69. The van der Waals surface area contributed by atoms with E-state index in [-0.39, 0.29) is 11.7 Å². The topological polar surface area (TPSA) is 54.0 Å². The Morgan fingerprint density at radius 1 is 0.857 bits per heavy atom. The van der Waals surface area contributed by atoms with E-state index in [2.05, 4.69) is 0 Å².